The molecule has 3 rings (SSSR count). The second-order valence-corrected chi connectivity index (χ2v) is 6.95. The van der Waals surface area contributed by atoms with E-state index in [0.29, 0.717) is 37.8 Å². The molecule has 1 aromatic heterocycles. The van der Waals surface area contributed by atoms with Gasteiger partial charge in [0.1, 0.15) is 13.2 Å². The van der Waals surface area contributed by atoms with E-state index in [2.05, 4.69) is 20.0 Å². The van der Waals surface area contributed by atoms with Gasteiger partial charge in [-0.25, -0.2) is 9.97 Å². The smallest absolute Gasteiger partial charge is 0.362 e. The highest BCUT2D eigenvalue weighted by Crippen LogP contribution is 2.15. The van der Waals surface area contributed by atoms with Gasteiger partial charge in [-0.2, -0.15) is 13.2 Å². The molecule has 1 aromatic carbocycles. The molecule has 1 N–H and O–H groups in total. The summed E-state index contributed by atoms with van der Waals surface area (Å²) in [6.45, 7) is 0.272. The van der Waals surface area contributed by atoms with Gasteiger partial charge in [-0.05, 0) is 23.8 Å². The average molecular weight is 437 g/mol. The number of hydrogen-bond acceptors (Lipinski definition) is 6. The Morgan fingerprint density at radius 1 is 1.03 bits per heavy atom. The van der Waals surface area contributed by atoms with Crippen LogP contribution < -0.4 is 10.2 Å². The number of piperazine rings is 1. The maximum absolute atomic E-state index is 12.6. The van der Waals surface area contributed by atoms with Crippen molar-refractivity contribution in [3.63, 3.8) is 0 Å². The SMILES string of the molecule is O=C(COCC(F)(F)F)Nc1ccc(CC(=O)N2CCN(c3ncccn3)CC2)cc1. The number of amides is 2. The number of anilines is 2. The zero-order valence-corrected chi connectivity index (χ0v) is 16.6. The quantitative estimate of drug-likeness (QED) is 0.712. The van der Waals surface area contributed by atoms with Crippen molar-refractivity contribution in [3.8, 4) is 0 Å². The monoisotopic (exact) mass is 437 g/mol. The summed E-state index contributed by atoms with van der Waals surface area (Å²) in [5.74, 6) is -0.0460. The number of rotatable bonds is 7. The number of nitrogens with zero attached hydrogens (tertiary/aromatic N) is 4. The molecule has 0 atom stereocenters. The van der Waals surface area contributed by atoms with E-state index in [0.717, 1.165) is 5.56 Å². The molecule has 0 aliphatic carbocycles. The first-order valence-corrected chi connectivity index (χ1v) is 9.63. The van der Waals surface area contributed by atoms with E-state index in [4.69, 9.17) is 0 Å². The van der Waals surface area contributed by atoms with Crippen molar-refractivity contribution in [2.45, 2.75) is 12.6 Å². The van der Waals surface area contributed by atoms with Crippen molar-refractivity contribution < 1.29 is 27.5 Å². The van der Waals surface area contributed by atoms with Gasteiger partial charge < -0.3 is 19.9 Å². The summed E-state index contributed by atoms with van der Waals surface area (Å²) in [7, 11) is 0. The zero-order chi connectivity index (χ0) is 22.3. The molecule has 166 valence electrons. The van der Waals surface area contributed by atoms with E-state index >= 15 is 0 Å². The van der Waals surface area contributed by atoms with Gasteiger partial charge in [0.05, 0.1) is 6.42 Å². The second-order valence-electron chi connectivity index (χ2n) is 6.95. The van der Waals surface area contributed by atoms with Crippen LogP contribution in [0.3, 0.4) is 0 Å². The standard InChI is InChI=1S/C20H22F3N5O3/c21-20(22,23)14-31-13-17(29)26-16-4-2-15(3-5-16)12-18(30)27-8-10-28(11-9-27)19-24-6-1-7-25-19/h1-7H,8-14H2,(H,26,29). The van der Waals surface area contributed by atoms with Crippen molar-refractivity contribution in [2.24, 2.45) is 0 Å². The molecule has 0 saturated carbocycles. The summed E-state index contributed by atoms with van der Waals surface area (Å²) in [6.07, 6.45) is -0.899. The molecule has 0 radical (unpaired) electrons. The molecule has 0 bridgehead atoms. The fourth-order valence-electron chi connectivity index (χ4n) is 3.06. The molecule has 2 heterocycles. The van der Waals surface area contributed by atoms with Crippen molar-refractivity contribution in [3.05, 3.63) is 48.3 Å². The largest absolute Gasteiger partial charge is 0.411 e. The molecule has 2 amide bonds. The topological polar surface area (TPSA) is 87.7 Å². The number of carbonyl (C=O) groups is 2. The second kappa shape index (κ2) is 10.2. The van der Waals surface area contributed by atoms with Crippen LogP contribution in [-0.2, 0) is 20.7 Å². The molecule has 8 nitrogen and oxygen atoms in total. The van der Waals surface area contributed by atoms with Gasteiger partial charge in [0.2, 0.25) is 17.8 Å². The minimum atomic E-state index is -4.48. The van der Waals surface area contributed by atoms with E-state index in [1.165, 1.54) is 0 Å². The van der Waals surface area contributed by atoms with E-state index in [9.17, 15) is 22.8 Å². The fourth-order valence-corrected chi connectivity index (χ4v) is 3.06. The minimum absolute atomic E-state index is 0.00836. The van der Waals surface area contributed by atoms with Crippen LogP contribution in [0.2, 0.25) is 0 Å². The maximum atomic E-state index is 12.6. The van der Waals surface area contributed by atoms with Crippen molar-refractivity contribution in [2.75, 3.05) is 49.6 Å². The fraction of sp³-hybridized carbons (Fsp3) is 0.400. The van der Waals surface area contributed by atoms with E-state index in [1.54, 1.807) is 47.6 Å². The van der Waals surface area contributed by atoms with Crippen molar-refractivity contribution in [1.82, 2.24) is 14.9 Å². The van der Waals surface area contributed by atoms with Crippen molar-refractivity contribution in [1.29, 1.82) is 0 Å². The van der Waals surface area contributed by atoms with Gasteiger partial charge in [0.15, 0.2) is 0 Å². The lowest BCUT2D eigenvalue weighted by Crippen LogP contribution is -2.49. The van der Waals surface area contributed by atoms with E-state index < -0.39 is 25.3 Å². The number of ether oxygens (including phenoxy) is 1. The molecule has 1 aliphatic heterocycles. The summed E-state index contributed by atoms with van der Waals surface area (Å²) >= 11 is 0. The average Bonchev–Trinajstić information content (AvgIpc) is 2.75. The number of alkyl halides is 3. The van der Waals surface area contributed by atoms with E-state index in [1.807, 2.05) is 4.90 Å². The highest BCUT2D eigenvalue weighted by molar-refractivity contribution is 5.91. The summed E-state index contributed by atoms with van der Waals surface area (Å²) in [5, 5.41) is 2.45. The van der Waals surface area contributed by atoms with Crippen LogP contribution in [-0.4, -0.2) is 72.3 Å². The van der Waals surface area contributed by atoms with Crippen LogP contribution >= 0.6 is 0 Å². The first kappa shape index (κ1) is 22.5. The lowest BCUT2D eigenvalue weighted by atomic mass is 10.1. The highest BCUT2D eigenvalue weighted by atomic mass is 19.4. The van der Waals surface area contributed by atoms with Gasteiger partial charge in [0, 0.05) is 44.3 Å². The predicted octanol–water partition coefficient (Wildman–Crippen LogP) is 1.89. The molecular weight excluding hydrogens is 415 g/mol. The first-order chi connectivity index (χ1) is 14.8. The molecule has 11 heteroatoms. The summed E-state index contributed by atoms with van der Waals surface area (Å²) in [5.41, 5.74) is 1.18. The Hall–Kier alpha value is -3.21. The van der Waals surface area contributed by atoms with Crippen LogP contribution in [0.1, 0.15) is 5.56 Å². The van der Waals surface area contributed by atoms with Gasteiger partial charge >= 0.3 is 6.18 Å². The summed E-state index contributed by atoms with van der Waals surface area (Å²) in [4.78, 5) is 36.4. The van der Waals surface area contributed by atoms with Crippen LogP contribution in [0.25, 0.3) is 0 Å². The third-order valence-electron chi connectivity index (χ3n) is 4.56. The predicted molar refractivity (Wildman–Crippen MR) is 106 cm³/mol. The number of nitrogens with one attached hydrogen (secondary N) is 1. The van der Waals surface area contributed by atoms with Gasteiger partial charge in [0.25, 0.3) is 0 Å². The lowest BCUT2D eigenvalue weighted by molar-refractivity contribution is -0.174. The molecule has 0 spiro atoms. The Labute approximate surface area is 177 Å². The summed E-state index contributed by atoms with van der Waals surface area (Å²) in [6, 6.07) is 8.32. The molecule has 31 heavy (non-hydrogen) atoms. The third kappa shape index (κ3) is 7.21. The van der Waals surface area contributed by atoms with Gasteiger partial charge in [-0.3, -0.25) is 9.59 Å². The van der Waals surface area contributed by atoms with Gasteiger partial charge in [-0.1, -0.05) is 12.1 Å². The number of aromatic nitrogens is 2. The van der Waals surface area contributed by atoms with Gasteiger partial charge in [-0.15, -0.1) is 0 Å². The molecule has 2 aromatic rings. The molecule has 1 fully saturated rings. The van der Waals surface area contributed by atoms with Crippen molar-refractivity contribution >= 4 is 23.5 Å². The Bertz CT molecular complexity index is 870. The third-order valence-corrected chi connectivity index (χ3v) is 4.56. The van der Waals surface area contributed by atoms with Crippen LogP contribution in [0.15, 0.2) is 42.7 Å². The van der Waals surface area contributed by atoms with Crippen LogP contribution in [0.4, 0.5) is 24.8 Å². The highest BCUT2D eigenvalue weighted by Gasteiger charge is 2.27. The maximum Gasteiger partial charge on any atom is 0.411 e. The molecular formula is C20H22F3N5O3. The van der Waals surface area contributed by atoms with E-state index in [-0.39, 0.29) is 12.3 Å². The Balaban J connectivity index is 1.42. The first-order valence-electron chi connectivity index (χ1n) is 9.63. The molecule has 1 aliphatic rings. The number of hydrogen-bond donors (Lipinski definition) is 1. The summed E-state index contributed by atoms with van der Waals surface area (Å²) < 4.78 is 40.4. The number of halogens is 3. The zero-order valence-electron chi connectivity index (χ0n) is 16.6. The number of carbonyl (C=O) groups excluding carboxylic acids is 2. The molecule has 0 unspecified atom stereocenters. The molecule has 1 saturated heterocycles. The number of benzene rings is 1. The van der Waals surface area contributed by atoms with Crippen LogP contribution in [0.5, 0.6) is 0 Å². The Kier molecular flexibility index (Phi) is 7.40. The normalized spacial score (nSPS) is 14.4. The lowest BCUT2D eigenvalue weighted by Gasteiger charge is -2.34. The van der Waals surface area contributed by atoms with Crippen LogP contribution in [0, 0.1) is 0 Å². The Morgan fingerprint density at radius 2 is 1.68 bits per heavy atom. The minimum Gasteiger partial charge on any atom is -0.362 e. The Morgan fingerprint density at radius 3 is 2.29 bits per heavy atom.